The molecule has 21 heavy (non-hydrogen) atoms. The first-order valence-corrected chi connectivity index (χ1v) is 7.86. The standard InChI is InChI=1S/C16H24ClFN2O/c1-11(12-6-7-12)20(8-9-21-2)15(10-19)13-4-3-5-14(17)16(13)18/h3-5,11-12,15H,6-10,19H2,1-2H3. The summed E-state index contributed by atoms with van der Waals surface area (Å²) in [4.78, 5) is 2.26. The minimum Gasteiger partial charge on any atom is -0.383 e. The molecule has 0 spiro atoms. The summed E-state index contributed by atoms with van der Waals surface area (Å²) in [5, 5.41) is 0.150. The number of rotatable bonds is 8. The number of benzene rings is 1. The summed E-state index contributed by atoms with van der Waals surface area (Å²) < 4.78 is 19.6. The fourth-order valence-corrected chi connectivity index (χ4v) is 3.09. The first-order valence-electron chi connectivity index (χ1n) is 7.48. The van der Waals surface area contributed by atoms with Crippen molar-refractivity contribution in [1.82, 2.24) is 4.90 Å². The van der Waals surface area contributed by atoms with Crippen LogP contribution in [-0.4, -0.2) is 37.7 Å². The molecule has 118 valence electrons. The number of hydrogen-bond acceptors (Lipinski definition) is 3. The van der Waals surface area contributed by atoms with Crippen LogP contribution in [0.25, 0.3) is 0 Å². The number of nitrogens with zero attached hydrogens (tertiary/aromatic N) is 1. The van der Waals surface area contributed by atoms with E-state index in [1.54, 1.807) is 25.3 Å². The molecule has 1 aromatic rings. The van der Waals surface area contributed by atoms with Crippen molar-refractivity contribution in [3.05, 3.63) is 34.6 Å². The van der Waals surface area contributed by atoms with E-state index in [9.17, 15) is 4.39 Å². The number of hydrogen-bond donors (Lipinski definition) is 1. The van der Waals surface area contributed by atoms with Gasteiger partial charge in [-0.25, -0.2) is 4.39 Å². The van der Waals surface area contributed by atoms with Gasteiger partial charge in [-0.1, -0.05) is 23.7 Å². The summed E-state index contributed by atoms with van der Waals surface area (Å²) in [6.07, 6.45) is 2.47. The van der Waals surface area contributed by atoms with Crippen LogP contribution in [0.3, 0.4) is 0 Å². The van der Waals surface area contributed by atoms with E-state index in [-0.39, 0.29) is 16.9 Å². The van der Waals surface area contributed by atoms with Crippen LogP contribution < -0.4 is 5.73 Å². The first kappa shape index (κ1) is 16.7. The summed E-state index contributed by atoms with van der Waals surface area (Å²) in [5.74, 6) is 0.318. The van der Waals surface area contributed by atoms with E-state index in [0.29, 0.717) is 30.7 Å². The van der Waals surface area contributed by atoms with Gasteiger partial charge in [-0.3, -0.25) is 4.90 Å². The van der Waals surface area contributed by atoms with Gasteiger partial charge in [0, 0.05) is 31.8 Å². The van der Waals surface area contributed by atoms with Gasteiger partial charge in [0.2, 0.25) is 0 Å². The Morgan fingerprint density at radius 1 is 1.48 bits per heavy atom. The van der Waals surface area contributed by atoms with E-state index in [2.05, 4.69) is 11.8 Å². The molecular formula is C16H24ClFN2O. The maximum absolute atomic E-state index is 14.4. The molecule has 2 unspecified atom stereocenters. The molecule has 1 aromatic carbocycles. The molecule has 0 aliphatic heterocycles. The second kappa shape index (κ2) is 7.54. The zero-order chi connectivity index (χ0) is 15.4. The third-order valence-electron chi connectivity index (χ3n) is 4.35. The van der Waals surface area contributed by atoms with E-state index in [1.807, 2.05) is 0 Å². The Morgan fingerprint density at radius 2 is 2.19 bits per heavy atom. The molecule has 3 nitrogen and oxygen atoms in total. The van der Waals surface area contributed by atoms with Crippen LogP contribution in [0.4, 0.5) is 4.39 Å². The van der Waals surface area contributed by atoms with Crippen LogP contribution in [0.5, 0.6) is 0 Å². The largest absolute Gasteiger partial charge is 0.383 e. The maximum atomic E-state index is 14.4. The molecule has 1 aliphatic carbocycles. The minimum atomic E-state index is -0.361. The van der Waals surface area contributed by atoms with E-state index in [4.69, 9.17) is 22.1 Å². The lowest BCUT2D eigenvalue weighted by Crippen LogP contribution is -2.43. The van der Waals surface area contributed by atoms with Gasteiger partial charge >= 0.3 is 0 Å². The molecule has 2 rings (SSSR count). The van der Waals surface area contributed by atoms with Crippen LogP contribution in [-0.2, 0) is 4.74 Å². The van der Waals surface area contributed by atoms with Crippen LogP contribution in [0.2, 0.25) is 5.02 Å². The van der Waals surface area contributed by atoms with Crippen molar-refractivity contribution in [2.75, 3.05) is 26.8 Å². The zero-order valence-corrected chi connectivity index (χ0v) is 13.4. The van der Waals surface area contributed by atoms with Crippen LogP contribution in [0.1, 0.15) is 31.4 Å². The summed E-state index contributed by atoms with van der Waals surface area (Å²) >= 11 is 5.92. The smallest absolute Gasteiger partial charge is 0.146 e. The van der Waals surface area contributed by atoms with Gasteiger partial charge in [0.05, 0.1) is 17.7 Å². The topological polar surface area (TPSA) is 38.5 Å². The third kappa shape index (κ3) is 3.95. The van der Waals surface area contributed by atoms with Crippen molar-refractivity contribution in [2.45, 2.75) is 31.8 Å². The molecule has 0 saturated heterocycles. The summed E-state index contributed by atoms with van der Waals surface area (Å²) in [6.45, 7) is 3.90. The normalized spacial score (nSPS) is 18.0. The Hall–Kier alpha value is -0.680. The molecule has 1 fully saturated rings. The van der Waals surface area contributed by atoms with E-state index < -0.39 is 0 Å². The Bertz CT molecular complexity index is 468. The van der Waals surface area contributed by atoms with Crippen molar-refractivity contribution in [1.29, 1.82) is 0 Å². The summed E-state index contributed by atoms with van der Waals surface area (Å²) in [7, 11) is 1.68. The summed E-state index contributed by atoms with van der Waals surface area (Å²) in [6, 6.07) is 5.32. The Balaban J connectivity index is 2.26. The zero-order valence-electron chi connectivity index (χ0n) is 12.7. The van der Waals surface area contributed by atoms with Crippen molar-refractivity contribution in [2.24, 2.45) is 11.7 Å². The van der Waals surface area contributed by atoms with Gasteiger partial charge in [0.1, 0.15) is 5.82 Å². The molecular weight excluding hydrogens is 291 g/mol. The highest BCUT2D eigenvalue weighted by Crippen LogP contribution is 2.38. The van der Waals surface area contributed by atoms with Crippen LogP contribution in [0, 0.1) is 11.7 Å². The van der Waals surface area contributed by atoms with Crippen LogP contribution >= 0.6 is 11.6 Å². The average molecular weight is 315 g/mol. The highest BCUT2D eigenvalue weighted by molar-refractivity contribution is 6.30. The molecule has 0 amide bonds. The van der Waals surface area contributed by atoms with Crippen molar-refractivity contribution >= 4 is 11.6 Å². The highest BCUT2D eigenvalue weighted by atomic mass is 35.5. The van der Waals surface area contributed by atoms with Gasteiger partial charge < -0.3 is 10.5 Å². The second-order valence-corrected chi connectivity index (χ2v) is 6.11. The maximum Gasteiger partial charge on any atom is 0.146 e. The lowest BCUT2D eigenvalue weighted by molar-refractivity contribution is 0.0821. The quantitative estimate of drug-likeness (QED) is 0.800. The molecule has 0 aromatic heterocycles. The SMILES string of the molecule is COCCN(C(CN)c1cccc(Cl)c1F)C(C)C1CC1. The predicted molar refractivity (Wildman–Crippen MR) is 84.0 cm³/mol. The molecule has 2 atom stereocenters. The average Bonchev–Trinajstić information content (AvgIpc) is 3.31. The molecule has 0 heterocycles. The van der Waals surface area contributed by atoms with Crippen molar-refractivity contribution < 1.29 is 9.13 Å². The Labute approximate surface area is 131 Å². The second-order valence-electron chi connectivity index (χ2n) is 5.70. The Kier molecular flexibility index (Phi) is 5.99. The molecule has 1 saturated carbocycles. The van der Waals surface area contributed by atoms with E-state index >= 15 is 0 Å². The van der Waals surface area contributed by atoms with E-state index in [0.717, 1.165) is 6.54 Å². The van der Waals surface area contributed by atoms with Crippen molar-refractivity contribution in [3.63, 3.8) is 0 Å². The lowest BCUT2D eigenvalue weighted by atomic mass is 10.0. The molecule has 2 N–H and O–H groups in total. The van der Waals surface area contributed by atoms with Gasteiger partial charge in [-0.15, -0.1) is 0 Å². The minimum absolute atomic E-state index is 0.150. The van der Waals surface area contributed by atoms with Gasteiger partial charge in [0.15, 0.2) is 0 Å². The highest BCUT2D eigenvalue weighted by Gasteiger charge is 2.35. The van der Waals surface area contributed by atoms with Gasteiger partial charge in [-0.05, 0) is 31.7 Å². The number of halogens is 2. The number of methoxy groups -OCH3 is 1. The molecule has 0 radical (unpaired) electrons. The molecule has 5 heteroatoms. The monoisotopic (exact) mass is 314 g/mol. The van der Waals surface area contributed by atoms with Gasteiger partial charge in [0.25, 0.3) is 0 Å². The Morgan fingerprint density at radius 3 is 2.76 bits per heavy atom. The fraction of sp³-hybridized carbons (Fsp3) is 0.625. The van der Waals surface area contributed by atoms with Crippen molar-refractivity contribution in [3.8, 4) is 0 Å². The van der Waals surface area contributed by atoms with E-state index in [1.165, 1.54) is 12.8 Å². The lowest BCUT2D eigenvalue weighted by Gasteiger charge is -2.36. The number of nitrogens with two attached hydrogens (primary N) is 1. The fourth-order valence-electron chi connectivity index (χ4n) is 2.91. The third-order valence-corrected chi connectivity index (χ3v) is 4.64. The van der Waals surface area contributed by atoms with Gasteiger partial charge in [-0.2, -0.15) is 0 Å². The molecule has 0 bridgehead atoms. The first-order chi connectivity index (χ1) is 10.1. The predicted octanol–water partition coefficient (Wildman–Crippen LogP) is 3.23. The molecule has 1 aliphatic rings. The summed E-state index contributed by atoms with van der Waals surface area (Å²) in [5.41, 5.74) is 6.54. The van der Waals surface area contributed by atoms with Crippen LogP contribution in [0.15, 0.2) is 18.2 Å². The number of ether oxygens (including phenoxy) is 1.